The number of halogens is 1. The molecule has 0 saturated carbocycles. The average Bonchev–Trinajstić information content (AvgIpc) is 2.54. The molecule has 4 nitrogen and oxygen atoms in total. The summed E-state index contributed by atoms with van der Waals surface area (Å²) in [6.07, 6.45) is 2.19. The predicted octanol–water partition coefficient (Wildman–Crippen LogP) is 2.25. The lowest BCUT2D eigenvalue weighted by atomic mass is 10.0. The van der Waals surface area contributed by atoms with Gasteiger partial charge in [-0.3, -0.25) is 9.69 Å². The fourth-order valence-corrected chi connectivity index (χ4v) is 3.09. The molecule has 1 saturated heterocycles. The normalized spacial score (nSPS) is 17.0. The quantitative estimate of drug-likeness (QED) is 0.873. The molecule has 1 aliphatic rings. The third kappa shape index (κ3) is 5.29. The number of hydrogen-bond donors (Lipinski definition) is 1. The van der Waals surface area contributed by atoms with Gasteiger partial charge in [0.25, 0.3) is 0 Å². The lowest BCUT2D eigenvalue weighted by Crippen LogP contribution is -2.48. The Bertz CT molecular complexity index is 513. The third-order valence-electron chi connectivity index (χ3n) is 4.68. The monoisotopic (exact) mass is 321 g/mol. The highest BCUT2D eigenvalue weighted by Gasteiger charge is 2.24. The van der Waals surface area contributed by atoms with E-state index in [9.17, 15) is 9.18 Å². The maximum Gasteiger partial charge on any atom is 0.234 e. The molecule has 1 aromatic rings. The second-order valence-electron chi connectivity index (χ2n) is 6.64. The van der Waals surface area contributed by atoms with Crippen molar-refractivity contribution in [2.24, 2.45) is 0 Å². The Hall–Kier alpha value is -1.46. The molecule has 1 fully saturated rings. The molecule has 23 heavy (non-hydrogen) atoms. The Kier molecular flexibility index (Phi) is 6.54. The van der Waals surface area contributed by atoms with E-state index in [1.807, 2.05) is 7.05 Å². The van der Waals surface area contributed by atoms with Crippen LogP contribution in [0.4, 0.5) is 4.39 Å². The highest BCUT2D eigenvalue weighted by Crippen LogP contribution is 2.17. The van der Waals surface area contributed by atoms with E-state index in [4.69, 9.17) is 0 Å². The molecule has 0 radical (unpaired) electrons. The van der Waals surface area contributed by atoms with E-state index in [1.54, 1.807) is 18.2 Å². The number of nitrogens with zero attached hydrogens (tertiary/aromatic N) is 2. The molecule has 1 amide bonds. The summed E-state index contributed by atoms with van der Waals surface area (Å²) in [5, 5.41) is 2.81. The largest absolute Gasteiger partial charge is 0.351 e. The lowest BCUT2D eigenvalue weighted by molar-refractivity contribution is -0.122. The van der Waals surface area contributed by atoms with Crippen molar-refractivity contribution in [3.63, 3.8) is 0 Å². The topological polar surface area (TPSA) is 35.6 Å². The fraction of sp³-hybridized carbons (Fsp3) is 0.611. The van der Waals surface area contributed by atoms with Gasteiger partial charge in [0, 0.05) is 24.2 Å². The van der Waals surface area contributed by atoms with E-state index in [0.29, 0.717) is 24.2 Å². The van der Waals surface area contributed by atoms with Crippen LogP contribution in [0, 0.1) is 5.82 Å². The number of piperidine rings is 1. The van der Waals surface area contributed by atoms with Crippen LogP contribution in [0.3, 0.4) is 0 Å². The molecular formula is C18H28FN3O. The Morgan fingerprint density at radius 1 is 1.35 bits per heavy atom. The number of benzene rings is 1. The maximum absolute atomic E-state index is 13.5. The highest BCUT2D eigenvalue weighted by atomic mass is 19.1. The van der Waals surface area contributed by atoms with Crippen molar-refractivity contribution < 1.29 is 9.18 Å². The van der Waals surface area contributed by atoms with Gasteiger partial charge in [0.1, 0.15) is 5.82 Å². The van der Waals surface area contributed by atoms with Crippen LogP contribution in [0.15, 0.2) is 24.3 Å². The first-order valence-electron chi connectivity index (χ1n) is 8.41. The van der Waals surface area contributed by atoms with Crippen molar-refractivity contribution in [1.29, 1.82) is 0 Å². The molecule has 2 rings (SSSR count). The zero-order valence-electron chi connectivity index (χ0n) is 14.4. The van der Waals surface area contributed by atoms with Gasteiger partial charge in [-0.1, -0.05) is 18.2 Å². The second-order valence-corrected chi connectivity index (χ2v) is 6.64. The molecule has 1 heterocycles. The van der Waals surface area contributed by atoms with Gasteiger partial charge < -0.3 is 10.2 Å². The molecule has 1 aromatic carbocycles. The minimum absolute atomic E-state index is 0.0537. The molecule has 0 spiro atoms. The van der Waals surface area contributed by atoms with E-state index in [0.717, 1.165) is 25.9 Å². The van der Waals surface area contributed by atoms with Crippen molar-refractivity contribution in [3.8, 4) is 0 Å². The number of hydrogen-bond acceptors (Lipinski definition) is 3. The van der Waals surface area contributed by atoms with Crippen LogP contribution in [0.1, 0.15) is 32.3 Å². The van der Waals surface area contributed by atoms with Crippen molar-refractivity contribution in [2.45, 2.75) is 45.3 Å². The van der Waals surface area contributed by atoms with Crippen molar-refractivity contribution in [3.05, 3.63) is 35.6 Å². The van der Waals surface area contributed by atoms with Gasteiger partial charge in [0.15, 0.2) is 0 Å². The summed E-state index contributed by atoms with van der Waals surface area (Å²) in [5.41, 5.74) is 0.522. The Labute approximate surface area is 138 Å². The summed E-state index contributed by atoms with van der Waals surface area (Å²) in [6.45, 7) is 7.22. The Balaban J connectivity index is 1.74. The number of amides is 1. The summed E-state index contributed by atoms with van der Waals surface area (Å²) in [4.78, 5) is 16.7. The van der Waals surface area contributed by atoms with Gasteiger partial charge in [0.05, 0.1) is 6.54 Å². The Morgan fingerprint density at radius 2 is 2.00 bits per heavy atom. The van der Waals surface area contributed by atoms with E-state index < -0.39 is 0 Å². The first-order valence-corrected chi connectivity index (χ1v) is 8.41. The van der Waals surface area contributed by atoms with Gasteiger partial charge in [0.2, 0.25) is 5.91 Å². The summed E-state index contributed by atoms with van der Waals surface area (Å²) < 4.78 is 13.5. The van der Waals surface area contributed by atoms with E-state index >= 15 is 0 Å². The van der Waals surface area contributed by atoms with Crippen LogP contribution < -0.4 is 5.32 Å². The highest BCUT2D eigenvalue weighted by molar-refractivity contribution is 5.78. The van der Waals surface area contributed by atoms with Crippen LogP contribution in [0.25, 0.3) is 0 Å². The van der Waals surface area contributed by atoms with Gasteiger partial charge in [-0.25, -0.2) is 4.39 Å². The summed E-state index contributed by atoms with van der Waals surface area (Å²) in [6, 6.07) is 7.57. The second kappa shape index (κ2) is 8.41. The van der Waals surface area contributed by atoms with Gasteiger partial charge >= 0.3 is 0 Å². The number of carbonyl (C=O) groups is 1. The minimum atomic E-state index is -0.276. The third-order valence-corrected chi connectivity index (χ3v) is 4.68. The van der Waals surface area contributed by atoms with E-state index in [-0.39, 0.29) is 18.3 Å². The first kappa shape index (κ1) is 17.9. The molecule has 0 unspecified atom stereocenters. The minimum Gasteiger partial charge on any atom is -0.351 e. The standard InChI is InChI=1S/C18H28FN3O/c1-14(2)22-10-8-16(9-11-22)21(3)13-18(23)20-12-15-6-4-5-7-17(15)19/h4-7,14,16H,8-13H2,1-3H3,(H,20,23). The molecule has 0 aromatic heterocycles. The zero-order chi connectivity index (χ0) is 16.8. The molecule has 1 aliphatic heterocycles. The van der Waals surface area contributed by atoms with Crippen LogP contribution in [0.5, 0.6) is 0 Å². The predicted molar refractivity (Wildman–Crippen MR) is 90.6 cm³/mol. The van der Waals surface area contributed by atoms with Crippen LogP contribution >= 0.6 is 0 Å². The average molecular weight is 321 g/mol. The molecule has 5 heteroatoms. The van der Waals surface area contributed by atoms with Crippen LogP contribution in [-0.4, -0.2) is 54.5 Å². The molecule has 128 valence electrons. The summed E-state index contributed by atoms with van der Waals surface area (Å²) >= 11 is 0. The molecular weight excluding hydrogens is 293 g/mol. The summed E-state index contributed by atoms with van der Waals surface area (Å²) in [7, 11) is 2.00. The van der Waals surface area contributed by atoms with Crippen molar-refractivity contribution in [2.75, 3.05) is 26.7 Å². The van der Waals surface area contributed by atoms with Crippen LogP contribution in [-0.2, 0) is 11.3 Å². The molecule has 1 N–H and O–H groups in total. The number of likely N-dealkylation sites (tertiary alicyclic amines) is 1. The van der Waals surface area contributed by atoms with Gasteiger partial charge in [-0.15, -0.1) is 0 Å². The number of rotatable bonds is 6. The van der Waals surface area contributed by atoms with Gasteiger partial charge in [-0.05, 0) is 52.9 Å². The molecule has 0 atom stereocenters. The number of carbonyl (C=O) groups excluding carboxylic acids is 1. The SMILES string of the molecule is CC(C)N1CCC(N(C)CC(=O)NCc2ccccc2F)CC1. The summed E-state index contributed by atoms with van der Waals surface area (Å²) in [5.74, 6) is -0.329. The van der Waals surface area contributed by atoms with E-state index in [2.05, 4.69) is 29.0 Å². The Morgan fingerprint density at radius 3 is 2.61 bits per heavy atom. The smallest absolute Gasteiger partial charge is 0.234 e. The van der Waals surface area contributed by atoms with Crippen molar-refractivity contribution >= 4 is 5.91 Å². The zero-order valence-corrected chi connectivity index (χ0v) is 14.4. The maximum atomic E-state index is 13.5. The van der Waals surface area contributed by atoms with Gasteiger partial charge in [-0.2, -0.15) is 0 Å². The molecule has 0 aliphatic carbocycles. The van der Waals surface area contributed by atoms with E-state index in [1.165, 1.54) is 6.07 Å². The van der Waals surface area contributed by atoms with Crippen molar-refractivity contribution in [1.82, 2.24) is 15.1 Å². The molecule has 0 bridgehead atoms. The number of likely N-dealkylation sites (N-methyl/N-ethyl adjacent to an activating group) is 1. The van der Waals surface area contributed by atoms with Crippen LogP contribution in [0.2, 0.25) is 0 Å². The fourth-order valence-electron chi connectivity index (χ4n) is 3.09. The number of nitrogens with one attached hydrogen (secondary N) is 1. The first-order chi connectivity index (χ1) is 11.0. The lowest BCUT2D eigenvalue weighted by Gasteiger charge is -2.38.